The van der Waals surface area contributed by atoms with Crippen molar-refractivity contribution >= 4 is 40.9 Å². The molecule has 0 heterocycles. The van der Waals surface area contributed by atoms with Crippen LogP contribution in [-0.4, -0.2) is 0 Å². The minimum atomic E-state index is 1.13. The molecular weight excluding hydrogens is 567 g/mol. The molecule has 0 bridgehead atoms. The van der Waals surface area contributed by atoms with Gasteiger partial charge in [-0.2, -0.15) is 0 Å². The molecule has 1 heteroatoms. The van der Waals surface area contributed by atoms with Crippen LogP contribution in [0.15, 0.2) is 158 Å². The van der Waals surface area contributed by atoms with Gasteiger partial charge in [0.2, 0.25) is 0 Å². The molecule has 0 aliphatic carbocycles. The van der Waals surface area contributed by atoms with Crippen molar-refractivity contribution in [3.05, 3.63) is 208 Å². The van der Waals surface area contributed by atoms with E-state index in [0.29, 0.717) is 0 Å². The molecule has 0 radical (unpaired) electrons. The number of aryl methyl sites for hydroxylation is 4. The van der Waals surface area contributed by atoms with E-state index in [0.717, 1.165) is 22.6 Å². The van der Waals surface area contributed by atoms with Crippen molar-refractivity contribution in [1.82, 2.24) is 0 Å². The number of hydrogen-bond acceptors (Lipinski definition) is 1. The van der Waals surface area contributed by atoms with Gasteiger partial charge in [-0.25, -0.2) is 0 Å². The van der Waals surface area contributed by atoms with Crippen LogP contribution in [0.3, 0.4) is 0 Å². The van der Waals surface area contributed by atoms with Gasteiger partial charge in [0, 0.05) is 17.1 Å². The zero-order valence-electron chi connectivity index (χ0n) is 27.7. The molecule has 0 aliphatic rings. The standard InChI is InChI=1S/C46H41N/c1-34-8-24-41(25-9-34)46(42-26-10-35(2)11-27-42)7-5-6-38-16-18-39(19-17-38)20-21-40-22-32-45(33-23-40)47(43-28-12-36(3)13-29-43)44-30-14-37(4)15-31-44/h5-33H,1-4H3. The zero-order chi connectivity index (χ0) is 32.6. The van der Waals surface area contributed by atoms with E-state index in [1.165, 1.54) is 50.1 Å². The Hall–Kier alpha value is -5.66. The summed E-state index contributed by atoms with van der Waals surface area (Å²) in [4.78, 5) is 2.30. The van der Waals surface area contributed by atoms with Gasteiger partial charge in [-0.3, -0.25) is 0 Å². The Labute approximate surface area is 280 Å². The van der Waals surface area contributed by atoms with Gasteiger partial charge in [0.15, 0.2) is 0 Å². The Kier molecular flexibility index (Phi) is 9.75. The smallest absolute Gasteiger partial charge is 0.0462 e. The van der Waals surface area contributed by atoms with Gasteiger partial charge in [0.25, 0.3) is 0 Å². The molecule has 0 aromatic heterocycles. The van der Waals surface area contributed by atoms with Gasteiger partial charge in [-0.1, -0.05) is 162 Å². The molecule has 6 aromatic rings. The van der Waals surface area contributed by atoms with E-state index in [2.05, 4.69) is 209 Å². The normalized spacial score (nSPS) is 11.2. The van der Waals surface area contributed by atoms with Crippen LogP contribution in [-0.2, 0) is 0 Å². The van der Waals surface area contributed by atoms with Gasteiger partial charge in [-0.05, 0) is 97.5 Å². The third kappa shape index (κ3) is 8.14. The third-order valence-corrected chi connectivity index (χ3v) is 8.42. The van der Waals surface area contributed by atoms with Crippen LogP contribution in [0.2, 0.25) is 0 Å². The Balaban J connectivity index is 1.16. The summed E-state index contributed by atoms with van der Waals surface area (Å²) >= 11 is 0. The predicted octanol–water partition coefficient (Wildman–Crippen LogP) is 12.7. The average molecular weight is 608 g/mol. The Morgan fingerprint density at radius 2 is 0.660 bits per heavy atom. The lowest BCUT2D eigenvalue weighted by atomic mass is 9.96. The fraction of sp³-hybridized carbons (Fsp3) is 0.0870. The van der Waals surface area contributed by atoms with Crippen LogP contribution in [0.4, 0.5) is 17.1 Å². The number of rotatable bonds is 9. The minimum absolute atomic E-state index is 1.13. The molecule has 0 amide bonds. The Morgan fingerprint density at radius 3 is 1.04 bits per heavy atom. The molecule has 6 aromatic carbocycles. The van der Waals surface area contributed by atoms with E-state index in [-0.39, 0.29) is 0 Å². The summed E-state index contributed by atoms with van der Waals surface area (Å²) < 4.78 is 0. The fourth-order valence-corrected chi connectivity index (χ4v) is 5.56. The highest BCUT2D eigenvalue weighted by Crippen LogP contribution is 2.35. The number of hydrogen-bond donors (Lipinski definition) is 0. The maximum atomic E-state index is 2.30. The summed E-state index contributed by atoms with van der Waals surface area (Å²) in [5.74, 6) is 0. The second-order valence-electron chi connectivity index (χ2n) is 12.3. The van der Waals surface area contributed by atoms with Crippen molar-refractivity contribution in [2.45, 2.75) is 27.7 Å². The van der Waals surface area contributed by atoms with Gasteiger partial charge < -0.3 is 4.90 Å². The molecule has 47 heavy (non-hydrogen) atoms. The molecule has 0 unspecified atom stereocenters. The summed E-state index contributed by atoms with van der Waals surface area (Å²) in [5.41, 5.74) is 15.6. The second-order valence-corrected chi connectivity index (χ2v) is 12.3. The van der Waals surface area contributed by atoms with Crippen molar-refractivity contribution in [3.63, 3.8) is 0 Å². The van der Waals surface area contributed by atoms with E-state index >= 15 is 0 Å². The monoisotopic (exact) mass is 607 g/mol. The van der Waals surface area contributed by atoms with Crippen molar-refractivity contribution < 1.29 is 0 Å². The average Bonchev–Trinajstić information content (AvgIpc) is 3.10. The van der Waals surface area contributed by atoms with Crippen LogP contribution >= 0.6 is 0 Å². The summed E-state index contributed by atoms with van der Waals surface area (Å²) in [7, 11) is 0. The highest BCUT2D eigenvalue weighted by atomic mass is 15.1. The molecule has 6 rings (SSSR count). The van der Waals surface area contributed by atoms with E-state index in [9.17, 15) is 0 Å². The number of anilines is 3. The van der Waals surface area contributed by atoms with Crippen LogP contribution in [0, 0.1) is 27.7 Å². The maximum absolute atomic E-state index is 2.30. The molecule has 1 nitrogen and oxygen atoms in total. The first kappa shape index (κ1) is 31.3. The topological polar surface area (TPSA) is 3.24 Å². The van der Waals surface area contributed by atoms with Crippen molar-refractivity contribution in [3.8, 4) is 0 Å². The zero-order valence-corrected chi connectivity index (χ0v) is 27.7. The van der Waals surface area contributed by atoms with Crippen molar-refractivity contribution in [2.24, 2.45) is 0 Å². The predicted molar refractivity (Wildman–Crippen MR) is 204 cm³/mol. The maximum Gasteiger partial charge on any atom is 0.0462 e. The lowest BCUT2D eigenvalue weighted by Gasteiger charge is -2.25. The molecule has 0 spiro atoms. The van der Waals surface area contributed by atoms with Crippen molar-refractivity contribution in [1.29, 1.82) is 0 Å². The first-order valence-electron chi connectivity index (χ1n) is 16.3. The second kappa shape index (κ2) is 14.6. The van der Waals surface area contributed by atoms with Gasteiger partial charge >= 0.3 is 0 Å². The quantitative estimate of drug-likeness (QED) is 0.117. The van der Waals surface area contributed by atoms with Gasteiger partial charge in [-0.15, -0.1) is 0 Å². The van der Waals surface area contributed by atoms with Crippen molar-refractivity contribution in [2.75, 3.05) is 4.90 Å². The highest BCUT2D eigenvalue weighted by molar-refractivity contribution is 5.82. The van der Waals surface area contributed by atoms with Gasteiger partial charge in [0.05, 0.1) is 0 Å². The van der Waals surface area contributed by atoms with Crippen LogP contribution < -0.4 is 4.90 Å². The summed E-state index contributed by atoms with van der Waals surface area (Å²) in [6, 6.07) is 52.4. The third-order valence-electron chi connectivity index (χ3n) is 8.42. The van der Waals surface area contributed by atoms with Crippen LogP contribution in [0.5, 0.6) is 0 Å². The van der Waals surface area contributed by atoms with E-state index in [1.807, 2.05) is 0 Å². The molecule has 0 N–H and O–H groups in total. The lowest BCUT2D eigenvalue weighted by Crippen LogP contribution is -2.09. The summed E-state index contributed by atoms with van der Waals surface area (Å²) in [6.45, 7) is 8.50. The molecular formula is C46H41N. The first-order valence-corrected chi connectivity index (χ1v) is 16.3. The Bertz CT molecular complexity index is 1890. The molecule has 0 atom stereocenters. The summed E-state index contributed by atoms with van der Waals surface area (Å²) in [5, 5.41) is 0. The summed E-state index contributed by atoms with van der Waals surface area (Å²) in [6.07, 6.45) is 10.9. The number of benzene rings is 6. The minimum Gasteiger partial charge on any atom is -0.311 e. The van der Waals surface area contributed by atoms with Crippen LogP contribution in [0.1, 0.15) is 50.1 Å². The lowest BCUT2D eigenvalue weighted by molar-refractivity contribution is 1.27. The SMILES string of the molecule is Cc1ccc(C(=CC=Cc2ccc(C=Cc3ccc(N(c4ccc(C)cc4)c4ccc(C)cc4)cc3)cc2)c2ccc(C)cc2)cc1. The molecule has 0 saturated carbocycles. The van der Waals surface area contributed by atoms with Crippen LogP contribution in [0.25, 0.3) is 23.8 Å². The fourth-order valence-electron chi connectivity index (χ4n) is 5.56. The number of allylic oxidation sites excluding steroid dienone is 2. The number of nitrogens with zero attached hydrogens (tertiary/aromatic N) is 1. The van der Waals surface area contributed by atoms with E-state index < -0.39 is 0 Å². The van der Waals surface area contributed by atoms with E-state index in [1.54, 1.807) is 0 Å². The van der Waals surface area contributed by atoms with E-state index in [4.69, 9.17) is 0 Å². The molecule has 0 fully saturated rings. The molecule has 0 saturated heterocycles. The largest absolute Gasteiger partial charge is 0.311 e. The highest BCUT2D eigenvalue weighted by Gasteiger charge is 2.12. The Morgan fingerprint density at radius 1 is 0.362 bits per heavy atom. The van der Waals surface area contributed by atoms with Gasteiger partial charge in [0.1, 0.15) is 0 Å². The molecule has 230 valence electrons. The first-order chi connectivity index (χ1) is 22.9. The molecule has 0 aliphatic heterocycles.